The lowest BCUT2D eigenvalue weighted by atomic mass is 9.91. The average molecular weight is 545 g/mol. The van der Waals surface area contributed by atoms with Crippen molar-refractivity contribution >= 4 is 41.2 Å². The number of nitrogens with one attached hydrogen (secondary N) is 1. The predicted molar refractivity (Wildman–Crippen MR) is 148 cm³/mol. The van der Waals surface area contributed by atoms with Gasteiger partial charge in [0.25, 0.3) is 0 Å². The van der Waals surface area contributed by atoms with Gasteiger partial charge in [0, 0.05) is 48.9 Å². The van der Waals surface area contributed by atoms with Crippen molar-refractivity contribution in [1.29, 1.82) is 0 Å². The quantitative estimate of drug-likeness (QED) is 0.287. The van der Waals surface area contributed by atoms with E-state index in [1.807, 2.05) is 24.4 Å². The number of unbranched alkanes of at least 4 members (excludes halogenated alkanes) is 1. The van der Waals surface area contributed by atoms with Crippen LogP contribution in [0.2, 0.25) is 0 Å². The molecule has 0 spiro atoms. The smallest absolute Gasteiger partial charge is 0.303 e. The van der Waals surface area contributed by atoms with Gasteiger partial charge in [-0.1, -0.05) is 6.07 Å². The van der Waals surface area contributed by atoms with Gasteiger partial charge in [-0.15, -0.1) is 23.7 Å². The van der Waals surface area contributed by atoms with Gasteiger partial charge in [0.2, 0.25) is 6.79 Å². The van der Waals surface area contributed by atoms with Crippen molar-refractivity contribution < 1.29 is 19.4 Å². The number of carboxylic acids is 1. The van der Waals surface area contributed by atoms with Crippen molar-refractivity contribution in [2.45, 2.75) is 50.9 Å². The molecule has 8 nitrogen and oxygen atoms in total. The summed E-state index contributed by atoms with van der Waals surface area (Å²) in [6.45, 7) is 3.34. The second-order valence-corrected chi connectivity index (χ2v) is 10.3. The molecule has 0 amide bonds. The molecule has 1 atom stereocenters. The number of hydrogen-bond donors (Lipinski definition) is 2. The molecule has 1 saturated heterocycles. The summed E-state index contributed by atoms with van der Waals surface area (Å²) in [5.41, 5.74) is 3.13. The first-order chi connectivity index (χ1) is 17.6. The van der Waals surface area contributed by atoms with Gasteiger partial charge in [-0.3, -0.25) is 4.79 Å². The lowest BCUT2D eigenvalue weighted by Gasteiger charge is -2.18. The maximum atomic E-state index is 11.5. The second kappa shape index (κ2) is 13.0. The fourth-order valence-corrected chi connectivity index (χ4v) is 5.65. The van der Waals surface area contributed by atoms with Crippen LogP contribution in [0.25, 0.3) is 0 Å². The lowest BCUT2D eigenvalue weighted by Crippen LogP contribution is -2.17. The molecular formula is C27H33ClN4O4S. The first-order valence-corrected chi connectivity index (χ1v) is 13.5. The zero-order chi connectivity index (χ0) is 24.7. The number of carbonyl (C=O) groups is 1. The molecule has 0 saturated carbocycles. The highest BCUT2D eigenvalue weighted by atomic mass is 35.5. The number of fused-ring (bicyclic) bond motifs is 1. The summed E-state index contributed by atoms with van der Waals surface area (Å²) in [6, 6.07) is 9.91. The van der Waals surface area contributed by atoms with Crippen LogP contribution in [-0.4, -0.2) is 47.5 Å². The molecule has 2 aromatic heterocycles. The Morgan fingerprint density at radius 1 is 1.14 bits per heavy atom. The van der Waals surface area contributed by atoms with Crippen LogP contribution in [0.4, 0.5) is 11.5 Å². The molecule has 37 heavy (non-hydrogen) atoms. The van der Waals surface area contributed by atoms with E-state index < -0.39 is 5.97 Å². The van der Waals surface area contributed by atoms with Crippen molar-refractivity contribution in [3.8, 4) is 11.5 Å². The number of aryl methyl sites for hydroxylation is 1. The minimum Gasteiger partial charge on any atom is -0.481 e. The summed E-state index contributed by atoms with van der Waals surface area (Å²) in [5, 5.41) is 16.1. The van der Waals surface area contributed by atoms with Crippen molar-refractivity contribution in [1.82, 2.24) is 9.97 Å². The predicted octanol–water partition coefficient (Wildman–Crippen LogP) is 5.52. The number of rotatable bonds is 12. The molecule has 4 heterocycles. The van der Waals surface area contributed by atoms with Gasteiger partial charge in [0.05, 0.1) is 17.1 Å². The van der Waals surface area contributed by atoms with E-state index in [0.29, 0.717) is 17.9 Å². The Kier molecular flexibility index (Phi) is 9.46. The van der Waals surface area contributed by atoms with Gasteiger partial charge in [0.1, 0.15) is 5.82 Å². The molecule has 198 valence electrons. The molecule has 1 fully saturated rings. The minimum atomic E-state index is -0.818. The van der Waals surface area contributed by atoms with Crippen LogP contribution >= 0.6 is 23.7 Å². The van der Waals surface area contributed by atoms with E-state index in [2.05, 4.69) is 32.7 Å². The van der Waals surface area contributed by atoms with Gasteiger partial charge in [-0.25, -0.2) is 9.97 Å². The van der Waals surface area contributed by atoms with Crippen LogP contribution in [0, 0.1) is 0 Å². The van der Waals surface area contributed by atoms with Gasteiger partial charge < -0.3 is 24.8 Å². The Bertz CT molecular complexity index is 1180. The average Bonchev–Trinajstić information content (AvgIpc) is 3.65. The van der Waals surface area contributed by atoms with E-state index in [-0.39, 0.29) is 31.5 Å². The van der Waals surface area contributed by atoms with E-state index in [0.717, 1.165) is 61.0 Å². The highest BCUT2D eigenvalue weighted by molar-refractivity contribution is 7.09. The fourth-order valence-electron chi connectivity index (χ4n) is 4.80. The number of aromatic nitrogens is 2. The summed E-state index contributed by atoms with van der Waals surface area (Å²) in [4.78, 5) is 23.2. The number of pyridine rings is 1. The Morgan fingerprint density at radius 2 is 1.97 bits per heavy atom. The third-order valence-corrected chi connectivity index (χ3v) is 7.64. The maximum Gasteiger partial charge on any atom is 0.303 e. The molecular weight excluding hydrogens is 512 g/mol. The molecule has 2 N–H and O–H groups in total. The Labute approximate surface area is 227 Å². The Hall–Kier alpha value is -3.04. The van der Waals surface area contributed by atoms with Crippen molar-refractivity contribution in [2.24, 2.45) is 0 Å². The van der Waals surface area contributed by atoms with E-state index in [4.69, 9.17) is 14.5 Å². The van der Waals surface area contributed by atoms with Crippen LogP contribution < -0.4 is 19.7 Å². The van der Waals surface area contributed by atoms with Crippen LogP contribution in [0.1, 0.15) is 54.3 Å². The number of ether oxygens (including phenoxy) is 2. The summed E-state index contributed by atoms with van der Waals surface area (Å²) >= 11 is 1.65. The number of halogens is 1. The van der Waals surface area contributed by atoms with Crippen molar-refractivity contribution in [3.05, 3.63) is 58.2 Å². The number of anilines is 2. The number of nitrogens with zero attached hydrogens (tertiary/aromatic N) is 3. The first kappa shape index (κ1) is 27.0. The SMILES string of the molecule is Cl.O=C(O)C[C@H](Cc1csc(CCCCNc2cc(N3CCCC3)ccn2)n1)c1ccc2c(c1)OCO2. The minimum absolute atomic E-state index is 0. The molecule has 10 heteroatoms. The van der Waals surface area contributed by atoms with E-state index in [1.54, 1.807) is 11.3 Å². The van der Waals surface area contributed by atoms with E-state index >= 15 is 0 Å². The van der Waals surface area contributed by atoms with Crippen LogP contribution in [-0.2, 0) is 17.6 Å². The standard InChI is InChI=1S/C27H32N4O4S.ClH/c32-27(33)15-20(19-6-7-23-24(14-19)35-18-34-23)13-21-17-36-26(30-21)5-1-2-9-28-25-16-22(8-10-29-25)31-11-3-4-12-31;/h6-8,10,14,16-17,20H,1-5,9,11-13,15,18H2,(H,28,29)(H,32,33);1H/t20-;/m0./s1. The highest BCUT2D eigenvalue weighted by Crippen LogP contribution is 2.36. The summed E-state index contributed by atoms with van der Waals surface area (Å²) in [6.07, 6.45) is 8.03. The highest BCUT2D eigenvalue weighted by Gasteiger charge is 2.22. The largest absolute Gasteiger partial charge is 0.481 e. The van der Waals surface area contributed by atoms with Crippen LogP contribution in [0.3, 0.4) is 0 Å². The van der Waals surface area contributed by atoms with E-state index in [1.165, 1.54) is 18.5 Å². The third kappa shape index (κ3) is 7.26. The molecule has 2 aliphatic heterocycles. The van der Waals surface area contributed by atoms with Gasteiger partial charge in [0.15, 0.2) is 11.5 Å². The first-order valence-electron chi connectivity index (χ1n) is 12.6. The van der Waals surface area contributed by atoms with Gasteiger partial charge in [-0.2, -0.15) is 0 Å². The number of aliphatic carboxylic acids is 1. The Morgan fingerprint density at radius 3 is 2.81 bits per heavy atom. The molecule has 5 rings (SSSR count). The van der Waals surface area contributed by atoms with Crippen molar-refractivity contribution in [3.63, 3.8) is 0 Å². The second-order valence-electron chi connectivity index (χ2n) is 9.32. The monoisotopic (exact) mass is 544 g/mol. The van der Waals surface area contributed by atoms with E-state index in [9.17, 15) is 9.90 Å². The lowest BCUT2D eigenvalue weighted by molar-refractivity contribution is -0.137. The molecule has 1 aromatic carbocycles. The molecule has 0 radical (unpaired) electrons. The molecule has 3 aromatic rings. The number of hydrogen-bond acceptors (Lipinski definition) is 8. The zero-order valence-corrected chi connectivity index (χ0v) is 22.4. The molecule has 2 aliphatic rings. The summed E-state index contributed by atoms with van der Waals surface area (Å²) < 4.78 is 10.9. The van der Waals surface area contributed by atoms with Crippen LogP contribution in [0.15, 0.2) is 41.9 Å². The topological polar surface area (TPSA) is 96.8 Å². The maximum absolute atomic E-state index is 11.5. The molecule has 0 unspecified atom stereocenters. The summed E-state index contributed by atoms with van der Waals surface area (Å²) in [5.74, 6) is 1.33. The third-order valence-electron chi connectivity index (χ3n) is 6.68. The molecule has 0 bridgehead atoms. The normalized spacial score (nSPS) is 14.9. The van der Waals surface area contributed by atoms with Crippen LogP contribution in [0.5, 0.6) is 11.5 Å². The molecule has 0 aliphatic carbocycles. The van der Waals surface area contributed by atoms with Crippen molar-refractivity contribution in [2.75, 3.05) is 36.6 Å². The summed E-state index contributed by atoms with van der Waals surface area (Å²) in [7, 11) is 0. The fraction of sp³-hybridized carbons (Fsp3) is 0.444. The number of carboxylic acid groups (broad SMARTS) is 1. The number of benzene rings is 1. The number of thiazole rings is 1. The van der Waals surface area contributed by atoms with Gasteiger partial charge >= 0.3 is 5.97 Å². The Balaban J connectivity index is 0.00000320. The van der Waals surface area contributed by atoms with Gasteiger partial charge in [-0.05, 0) is 62.3 Å². The zero-order valence-electron chi connectivity index (χ0n) is 20.7.